The van der Waals surface area contributed by atoms with Crippen molar-refractivity contribution in [3.63, 3.8) is 0 Å². The molecular weight excluding hydrogens is 402 g/mol. The summed E-state index contributed by atoms with van der Waals surface area (Å²) in [5.74, 6) is 2.30. The van der Waals surface area contributed by atoms with Crippen LogP contribution in [0, 0.1) is 5.92 Å². The number of nitrogens with one attached hydrogen (secondary N) is 1. The molecule has 0 spiro atoms. The molecule has 1 amide bonds. The van der Waals surface area contributed by atoms with Gasteiger partial charge in [0, 0.05) is 23.9 Å². The molecule has 2 bridgehead atoms. The minimum absolute atomic E-state index is 0.146. The standard InChI is InChI=1S/C27H27NO4/c1-30-23-13-16(14-24(31-2)26(23)32-3)27(29)28-15-17-12-22-18-8-4-6-10-20(18)25(17)21-11-7-5-9-19(21)22/h4-11,13-14,17,22,25H,12,15H2,1-3H3,(H,28,29). The van der Waals surface area contributed by atoms with Gasteiger partial charge in [0.05, 0.1) is 21.3 Å². The summed E-state index contributed by atoms with van der Waals surface area (Å²) in [7, 11) is 4.65. The molecule has 0 aliphatic heterocycles. The number of fused-ring (bicyclic) bond motifs is 1. The number of carbonyl (C=O) groups is 1. The maximum Gasteiger partial charge on any atom is 0.251 e. The van der Waals surface area contributed by atoms with Gasteiger partial charge in [0.1, 0.15) is 0 Å². The van der Waals surface area contributed by atoms with Gasteiger partial charge in [-0.2, -0.15) is 0 Å². The maximum absolute atomic E-state index is 13.1. The van der Waals surface area contributed by atoms with Gasteiger partial charge in [-0.1, -0.05) is 48.5 Å². The molecule has 3 aliphatic carbocycles. The molecule has 164 valence electrons. The topological polar surface area (TPSA) is 56.8 Å². The van der Waals surface area contributed by atoms with Crippen molar-refractivity contribution >= 4 is 5.91 Å². The fourth-order valence-electron chi connectivity index (χ4n) is 5.50. The van der Waals surface area contributed by atoms with Crippen molar-refractivity contribution < 1.29 is 19.0 Å². The minimum Gasteiger partial charge on any atom is -0.493 e. The van der Waals surface area contributed by atoms with E-state index < -0.39 is 0 Å². The Bertz CT molecular complexity index is 1100. The third kappa shape index (κ3) is 3.20. The Kier molecular flexibility index (Phi) is 5.25. The van der Waals surface area contributed by atoms with Gasteiger partial charge in [-0.3, -0.25) is 4.79 Å². The largest absolute Gasteiger partial charge is 0.493 e. The van der Waals surface area contributed by atoms with Gasteiger partial charge in [-0.25, -0.2) is 0 Å². The molecule has 0 saturated heterocycles. The highest BCUT2D eigenvalue weighted by atomic mass is 16.5. The fourth-order valence-corrected chi connectivity index (χ4v) is 5.50. The zero-order valence-corrected chi connectivity index (χ0v) is 18.6. The number of carbonyl (C=O) groups excluding carboxylic acids is 1. The molecule has 1 atom stereocenters. The van der Waals surface area contributed by atoms with Crippen LogP contribution in [0.2, 0.25) is 0 Å². The third-order valence-electron chi connectivity index (χ3n) is 6.87. The van der Waals surface area contributed by atoms with Gasteiger partial charge in [-0.15, -0.1) is 0 Å². The van der Waals surface area contributed by atoms with E-state index in [-0.39, 0.29) is 5.91 Å². The Hall–Kier alpha value is -3.47. The molecule has 1 unspecified atom stereocenters. The van der Waals surface area contributed by atoms with Gasteiger partial charge in [0.25, 0.3) is 5.91 Å². The number of benzene rings is 3. The second-order valence-corrected chi connectivity index (χ2v) is 8.41. The molecule has 0 fully saturated rings. The molecule has 5 nitrogen and oxygen atoms in total. The van der Waals surface area contributed by atoms with E-state index >= 15 is 0 Å². The average molecular weight is 430 g/mol. The van der Waals surface area contributed by atoms with Crippen LogP contribution in [0.15, 0.2) is 60.7 Å². The molecule has 5 heteroatoms. The number of hydrogen-bond acceptors (Lipinski definition) is 4. The smallest absolute Gasteiger partial charge is 0.251 e. The highest BCUT2D eigenvalue weighted by Gasteiger charge is 2.42. The summed E-state index contributed by atoms with van der Waals surface area (Å²) in [6.07, 6.45) is 1.04. The molecule has 1 N–H and O–H groups in total. The second-order valence-electron chi connectivity index (χ2n) is 8.41. The molecule has 6 rings (SSSR count). The van der Waals surface area contributed by atoms with Crippen molar-refractivity contribution in [2.45, 2.75) is 18.3 Å². The molecule has 3 aromatic carbocycles. The second kappa shape index (κ2) is 8.23. The molecule has 0 aromatic heterocycles. The highest BCUT2D eigenvalue weighted by Crippen LogP contribution is 2.55. The minimum atomic E-state index is -0.146. The quantitative estimate of drug-likeness (QED) is 0.615. The molecule has 0 radical (unpaired) electrons. The van der Waals surface area contributed by atoms with Crippen LogP contribution in [0.3, 0.4) is 0 Å². The summed E-state index contributed by atoms with van der Waals surface area (Å²) in [6, 6.07) is 20.9. The fraction of sp³-hybridized carbons (Fsp3) is 0.296. The van der Waals surface area contributed by atoms with Crippen molar-refractivity contribution in [3.8, 4) is 17.2 Å². The lowest BCUT2D eigenvalue weighted by molar-refractivity contribution is 0.0942. The lowest BCUT2D eigenvalue weighted by Gasteiger charge is -2.45. The Morgan fingerprint density at radius 1 is 0.844 bits per heavy atom. The Morgan fingerprint density at radius 3 is 1.88 bits per heavy atom. The summed E-state index contributed by atoms with van der Waals surface area (Å²) in [4.78, 5) is 13.1. The van der Waals surface area contributed by atoms with E-state index in [1.807, 2.05) is 0 Å². The van der Waals surface area contributed by atoms with E-state index in [2.05, 4.69) is 53.8 Å². The molecule has 3 aliphatic rings. The molecule has 0 saturated carbocycles. The summed E-state index contributed by atoms with van der Waals surface area (Å²) < 4.78 is 16.2. The number of ether oxygens (including phenoxy) is 3. The molecular formula is C27H27NO4. The summed E-state index contributed by atoms with van der Waals surface area (Å²) >= 11 is 0. The molecule has 0 heterocycles. The van der Waals surface area contributed by atoms with E-state index in [9.17, 15) is 4.79 Å². The predicted octanol–water partition coefficient (Wildman–Crippen LogP) is 4.74. The Morgan fingerprint density at radius 2 is 1.38 bits per heavy atom. The van der Waals surface area contributed by atoms with Crippen LogP contribution in [-0.4, -0.2) is 33.8 Å². The van der Waals surface area contributed by atoms with Crippen LogP contribution in [0.1, 0.15) is 50.9 Å². The van der Waals surface area contributed by atoms with Crippen molar-refractivity contribution in [2.24, 2.45) is 5.92 Å². The van der Waals surface area contributed by atoms with Gasteiger partial charge >= 0.3 is 0 Å². The van der Waals surface area contributed by atoms with E-state index in [0.717, 1.165) is 6.42 Å². The molecule has 3 aromatic rings. The number of hydrogen-bond donors (Lipinski definition) is 1. The van der Waals surface area contributed by atoms with E-state index in [4.69, 9.17) is 14.2 Å². The van der Waals surface area contributed by atoms with Gasteiger partial charge < -0.3 is 19.5 Å². The first-order chi connectivity index (χ1) is 15.7. The van der Waals surface area contributed by atoms with Crippen LogP contribution in [0.4, 0.5) is 0 Å². The van der Waals surface area contributed by atoms with Crippen molar-refractivity contribution in [3.05, 3.63) is 88.5 Å². The monoisotopic (exact) mass is 429 g/mol. The first-order valence-corrected chi connectivity index (χ1v) is 10.9. The summed E-state index contributed by atoms with van der Waals surface area (Å²) in [5.41, 5.74) is 6.15. The highest BCUT2D eigenvalue weighted by molar-refractivity contribution is 5.95. The first-order valence-electron chi connectivity index (χ1n) is 10.9. The van der Waals surface area contributed by atoms with Crippen molar-refractivity contribution in [1.29, 1.82) is 0 Å². The lowest BCUT2D eigenvalue weighted by Crippen LogP contribution is -2.39. The van der Waals surface area contributed by atoms with Crippen molar-refractivity contribution in [1.82, 2.24) is 5.32 Å². The zero-order valence-electron chi connectivity index (χ0n) is 18.6. The third-order valence-corrected chi connectivity index (χ3v) is 6.87. The van der Waals surface area contributed by atoms with E-state index in [1.54, 1.807) is 33.5 Å². The normalized spacial score (nSPS) is 20.2. The van der Waals surface area contributed by atoms with Crippen molar-refractivity contribution in [2.75, 3.05) is 27.9 Å². The van der Waals surface area contributed by atoms with Gasteiger partial charge in [-0.05, 0) is 46.7 Å². The summed E-state index contributed by atoms with van der Waals surface area (Å²) in [5, 5.41) is 3.16. The first kappa shape index (κ1) is 20.4. The Labute approximate surface area is 188 Å². The van der Waals surface area contributed by atoms with Gasteiger partial charge in [0.15, 0.2) is 11.5 Å². The van der Waals surface area contributed by atoms with Gasteiger partial charge in [0.2, 0.25) is 5.75 Å². The number of methoxy groups -OCH3 is 3. The number of amides is 1. The lowest BCUT2D eigenvalue weighted by atomic mass is 9.59. The predicted molar refractivity (Wildman–Crippen MR) is 123 cm³/mol. The van der Waals surface area contributed by atoms with E-state index in [0.29, 0.717) is 47.1 Å². The SMILES string of the molecule is COc1cc(C(=O)NCC2CC3c4ccccc4C2c2ccccc23)cc(OC)c1OC. The zero-order chi connectivity index (χ0) is 22.2. The summed E-state index contributed by atoms with van der Waals surface area (Å²) in [6.45, 7) is 0.610. The maximum atomic E-state index is 13.1. The van der Waals surface area contributed by atoms with E-state index in [1.165, 1.54) is 22.3 Å². The Balaban J connectivity index is 1.40. The van der Waals surface area contributed by atoms with Crippen LogP contribution in [-0.2, 0) is 0 Å². The average Bonchev–Trinajstić information content (AvgIpc) is 2.86. The number of rotatable bonds is 6. The van der Waals surface area contributed by atoms with Crippen LogP contribution >= 0.6 is 0 Å². The van der Waals surface area contributed by atoms with Crippen LogP contribution < -0.4 is 19.5 Å². The van der Waals surface area contributed by atoms with Crippen LogP contribution in [0.5, 0.6) is 17.2 Å². The molecule has 32 heavy (non-hydrogen) atoms. The van der Waals surface area contributed by atoms with Crippen LogP contribution in [0.25, 0.3) is 0 Å².